The molecule has 1 saturated heterocycles. The van der Waals surface area contributed by atoms with Crippen LogP contribution in [0.15, 0.2) is 35.3 Å². The molecule has 0 bridgehead atoms. The highest BCUT2D eigenvalue weighted by atomic mass is 16.1. The van der Waals surface area contributed by atoms with Crippen molar-refractivity contribution < 1.29 is 4.79 Å². The molecule has 9 heteroatoms. The topological polar surface area (TPSA) is 107 Å². The number of rotatable bonds is 5. The van der Waals surface area contributed by atoms with E-state index in [-0.39, 0.29) is 11.5 Å². The van der Waals surface area contributed by atoms with Crippen LogP contribution in [-0.4, -0.2) is 64.2 Å². The first-order chi connectivity index (χ1) is 14.6. The van der Waals surface area contributed by atoms with Crippen LogP contribution in [-0.2, 0) is 13.0 Å². The molecule has 1 fully saturated rings. The van der Waals surface area contributed by atoms with Gasteiger partial charge in [0.1, 0.15) is 11.2 Å². The molecule has 0 unspecified atom stereocenters. The highest BCUT2D eigenvalue weighted by Crippen LogP contribution is 2.17. The first-order valence-corrected chi connectivity index (χ1v) is 10.1. The second kappa shape index (κ2) is 8.58. The van der Waals surface area contributed by atoms with Gasteiger partial charge in [-0.1, -0.05) is 6.92 Å². The summed E-state index contributed by atoms with van der Waals surface area (Å²) in [6.07, 6.45) is 2.42. The Morgan fingerprint density at radius 2 is 1.97 bits per heavy atom. The van der Waals surface area contributed by atoms with E-state index >= 15 is 0 Å². The lowest BCUT2D eigenvalue weighted by Crippen LogP contribution is -2.46. The van der Waals surface area contributed by atoms with Crippen LogP contribution >= 0.6 is 0 Å². The zero-order chi connectivity index (χ0) is 21.1. The summed E-state index contributed by atoms with van der Waals surface area (Å²) in [5.74, 6) is -0.185. The fraction of sp³-hybridized carbons (Fsp3) is 0.381. The molecule has 0 atom stereocenters. The number of carbonyl (C=O) groups is 1. The zero-order valence-corrected chi connectivity index (χ0v) is 17.2. The maximum atomic E-state index is 12.1. The summed E-state index contributed by atoms with van der Waals surface area (Å²) in [7, 11) is 1.59. The number of aromatic nitrogens is 4. The number of aromatic amines is 1. The van der Waals surface area contributed by atoms with E-state index < -0.39 is 0 Å². The Morgan fingerprint density at radius 3 is 2.63 bits per heavy atom. The summed E-state index contributed by atoms with van der Waals surface area (Å²) < 4.78 is 0. The molecule has 0 aromatic carbocycles. The van der Waals surface area contributed by atoms with Gasteiger partial charge in [-0.3, -0.25) is 14.5 Å². The standard InChI is InChI=1S/C21H25N7O2/c1-3-14-10-19-18(24-20(14)29)11-15(25-26-19)13-27-6-8-28(9-7-27)16-4-5-17(23-12-16)21(30)22-2/h4-5,10-12H,3,6-9,13H2,1-2H3,(H,22,30)(H,24,29). The van der Waals surface area contributed by atoms with Gasteiger partial charge in [0.25, 0.3) is 11.5 Å². The van der Waals surface area contributed by atoms with Crippen molar-refractivity contribution in [2.75, 3.05) is 38.1 Å². The summed E-state index contributed by atoms with van der Waals surface area (Å²) in [5.41, 5.74) is 4.37. The maximum absolute atomic E-state index is 12.1. The number of hydrogen-bond acceptors (Lipinski definition) is 7. The lowest BCUT2D eigenvalue weighted by molar-refractivity contribution is 0.0958. The lowest BCUT2D eigenvalue weighted by Gasteiger charge is -2.35. The molecule has 0 saturated carbocycles. The summed E-state index contributed by atoms with van der Waals surface area (Å²) in [5, 5.41) is 11.2. The van der Waals surface area contributed by atoms with Gasteiger partial charge in [-0.25, -0.2) is 4.98 Å². The third-order valence-electron chi connectivity index (χ3n) is 5.44. The Bertz CT molecular complexity index is 1100. The Labute approximate surface area is 174 Å². The molecule has 0 aliphatic carbocycles. The first kappa shape index (κ1) is 20.0. The van der Waals surface area contributed by atoms with Gasteiger partial charge in [-0.2, -0.15) is 5.10 Å². The van der Waals surface area contributed by atoms with Crippen molar-refractivity contribution in [3.05, 3.63) is 57.8 Å². The minimum absolute atomic E-state index is 0.0615. The molecule has 4 heterocycles. The number of carbonyl (C=O) groups excluding carboxylic acids is 1. The average molecular weight is 407 g/mol. The summed E-state index contributed by atoms with van der Waals surface area (Å²) >= 11 is 0. The number of nitrogens with one attached hydrogen (secondary N) is 2. The second-order valence-electron chi connectivity index (χ2n) is 7.36. The fourth-order valence-electron chi connectivity index (χ4n) is 3.65. The normalized spacial score (nSPS) is 14.8. The van der Waals surface area contributed by atoms with Crippen LogP contribution in [0.4, 0.5) is 5.69 Å². The number of aryl methyl sites for hydroxylation is 1. The summed E-state index contributed by atoms with van der Waals surface area (Å²) in [4.78, 5) is 35.4. The zero-order valence-electron chi connectivity index (χ0n) is 17.2. The molecule has 0 radical (unpaired) electrons. The Hall–Kier alpha value is -3.33. The highest BCUT2D eigenvalue weighted by Gasteiger charge is 2.19. The molecule has 3 aromatic rings. The van der Waals surface area contributed by atoms with Crippen molar-refractivity contribution in [2.45, 2.75) is 19.9 Å². The van der Waals surface area contributed by atoms with Gasteiger partial charge < -0.3 is 15.2 Å². The minimum atomic E-state index is -0.185. The van der Waals surface area contributed by atoms with Crippen molar-refractivity contribution in [1.82, 2.24) is 30.4 Å². The number of anilines is 1. The van der Waals surface area contributed by atoms with Crippen molar-refractivity contribution in [3.8, 4) is 0 Å². The SMILES string of the molecule is CCc1cc2nnc(CN3CCN(c4ccc(C(=O)NC)nc4)CC3)cc2[nH]c1=O. The predicted molar refractivity (Wildman–Crippen MR) is 115 cm³/mol. The van der Waals surface area contributed by atoms with E-state index in [1.165, 1.54) is 0 Å². The molecule has 9 nitrogen and oxygen atoms in total. The molecule has 156 valence electrons. The second-order valence-corrected chi connectivity index (χ2v) is 7.36. The molecule has 3 aromatic heterocycles. The Morgan fingerprint density at radius 1 is 1.17 bits per heavy atom. The van der Waals surface area contributed by atoms with Crippen molar-refractivity contribution >= 4 is 22.6 Å². The molecule has 2 N–H and O–H groups in total. The average Bonchev–Trinajstić information content (AvgIpc) is 2.78. The van der Waals surface area contributed by atoms with Gasteiger partial charge in [0.05, 0.1) is 23.1 Å². The molecule has 4 rings (SSSR count). The quantitative estimate of drug-likeness (QED) is 0.649. The molecule has 1 aliphatic rings. The summed E-state index contributed by atoms with van der Waals surface area (Å²) in [6.45, 7) is 6.11. The third-order valence-corrected chi connectivity index (χ3v) is 5.44. The number of amides is 1. The molecule has 1 amide bonds. The smallest absolute Gasteiger partial charge is 0.269 e. The molecule has 30 heavy (non-hydrogen) atoms. The van der Waals surface area contributed by atoms with Crippen LogP contribution in [0, 0.1) is 0 Å². The summed E-state index contributed by atoms with van der Waals surface area (Å²) in [6, 6.07) is 7.41. The van der Waals surface area contributed by atoms with Crippen LogP contribution in [0.25, 0.3) is 11.0 Å². The molecule has 1 aliphatic heterocycles. The molecular weight excluding hydrogens is 382 g/mol. The van der Waals surface area contributed by atoms with Crippen molar-refractivity contribution in [2.24, 2.45) is 0 Å². The van der Waals surface area contributed by atoms with Crippen molar-refractivity contribution in [3.63, 3.8) is 0 Å². The fourth-order valence-corrected chi connectivity index (χ4v) is 3.65. The lowest BCUT2D eigenvalue weighted by atomic mass is 10.2. The van der Waals surface area contributed by atoms with Gasteiger partial charge in [0.2, 0.25) is 0 Å². The van der Waals surface area contributed by atoms with E-state index in [9.17, 15) is 9.59 Å². The van der Waals surface area contributed by atoms with E-state index in [1.54, 1.807) is 19.3 Å². The number of H-pyrrole nitrogens is 1. The number of piperazine rings is 1. The Balaban J connectivity index is 1.38. The van der Waals surface area contributed by atoms with E-state index in [1.807, 2.05) is 25.1 Å². The molecular formula is C21H25N7O2. The van der Waals surface area contributed by atoms with Crippen LogP contribution in [0.2, 0.25) is 0 Å². The van der Waals surface area contributed by atoms with Gasteiger partial charge in [-0.15, -0.1) is 5.10 Å². The highest BCUT2D eigenvalue weighted by molar-refractivity contribution is 5.92. The van der Waals surface area contributed by atoms with Gasteiger partial charge >= 0.3 is 0 Å². The van der Waals surface area contributed by atoms with Gasteiger partial charge in [-0.05, 0) is 30.7 Å². The van der Waals surface area contributed by atoms with E-state index in [0.29, 0.717) is 24.2 Å². The van der Waals surface area contributed by atoms with Gasteiger partial charge in [0, 0.05) is 45.3 Å². The van der Waals surface area contributed by atoms with E-state index in [2.05, 4.69) is 35.3 Å². The predicted octanol–water partition coefficient (Wildman–Crippen LogP) is 0.957. The van der Waals surface area contributed by atoms with E-state index in [0.717, 1.165) is 48.6 Å². The number of fused-ring (bicyclic) bond motifs is 1. The third kappa shape index (κ3) is 4.16. The van der Waals surface area contributed by atoms with Crippen LogP contribution in [0.3, 0.4) is 0 Å². The van der Waals surface area contributed by atoms with Gasteiger partial charge in [0.15, 0.2) is 0 Å². The Kier molecular flexibility index (Phi) is 5.71. The number of pyridine rings is 2. The largest absolute Gasteiger partial charge is 0.368 e. The van der Waals surface area contributed by atoms with Crippen molar-refractivity contribution in [1.29, 1.82) is 0 Å². The van der Waals surface area contributed by atoms with Crippen LogP contribution < -0.4 is 15.8 Å². The maximum Gasteiger partial charge on any atom is 0.269 e. The first-order valence-electron chi connectivity index (χ1n) is 10.1. The number of hydrogen-bond donors (Lipinski definition) is 2. The monoisotopic (exact) mass is 407 g/mol. The molecule has 0 spiro atoms. The van der Waals surface area contributed by atoms with Crippen LogP contribution in [0.5, 0.6) is 0 Å². The number of nitrogens with zero attached hydrogens (tertiary/aromatic N) is 5. The van der Waals surface area contributed by atoms with E-state index in [4.69, 9.17) is 0 Å². The minimum Gasteiger partial charge on any atom is -0.368 e. The van der Waals surface area contributed by atoms with Crippen LogP contribution in [0.1, 0.15) is 28.7 Å².